The minimum Gasteiger partial charge on any atom is -0.481 e. The fourth-order valence-corrected chi connectivity index (χ4v) is 2.97. The number of benzene rings is 1. The molecule has 1 saturated heterocycles. The van der Waals surface area contributed by atoms with Crippen molar-refractivity contribution in [3.63, 3.8) is 0 Å². The van der Waals surface area contributed by atoms with Gasteiger partial charge in [0.25, 0.3) is 0 Å². The second kappa shape index (κ2) is 9.82. The largest absolute Gasteiger partial charge is 0.481 e. The van der Waals surface area contributed by atoms with E-state index in [0.29, 0.717) is 31.5 Å². The van der Waals surface area contributed by atoms with E-state index >= 15 is 0 Å². The molecule has 0 bridgehead atoms. The monoisotopic (exact) mass is 393 g/mol. The van der Waals surface area contributed by atoms with Crippen molar-refractivity contribution >= 4 is 23.7 Å². The van der Waals surface area contributed by atoms with Crippen LogP contribution in [-0.2, 0) is 25.6 Å². The zero-order valence-electron chi connectivity index (χ0n) is 15.7. The number of carbonyl (C=O) groups excluding carboxylic acids is 3. The van der Waals surface area contributed by atoms with E-state index in [2.05, 4.69) is 5.32 Å². The lowest BCUT2D eigenvalue weighted by molar-refractivity contribution is -0.146. The van der Waals surface area contributed by atoms with Gasteiger partial charge in [-0.1, -0.05) is 12.1 Å². The lowest BCUT2D eigenvalue weighted by Gasteiger charge is -2.31. The molecule has 8 nitrogen and oxygen atoms in total. The van der Waals surface area contributed by atoms with Crippen LogP contribution in [0.2, 0.25) is 0 Å². The summed E-state index contributed by atoms with van der Waals surface area (Å²) in [5, 5.41) is 11.4. The number of carbonyl (C=O) groups is 4. The number of aliphatic carboxylic acids is 1. The molecule has 1 fully saturated rings. The van der Waals surface area contributed by atoms with Gasteiger partial charge in [-0.15, -0.1) is 0 Å². The van der Waals surface area contributed by atoms with E-state index < -0.39 is 29.5 Å². The van der Waals surface area contributed by atoms with Crippen LogP contribution in [0.15, 0.2) is 24.3 Å². The van der Waals surface area contributed by atoms with Crippen molar-refractivity contribution in [1.29, 1.82) is 0 Å². The highest BCUT2D eigenvalue weighted by molar-refractivity contribution is 5.88. The number of nitrogens with zero attached hydrogens (tertiary/aromatic N) is 2. The highest BCUT2D eigenvalue weighted by Crippen LogP contribution is 2.17. The summed E-state index contributed by atoms with van der Waals surface area (Å²) in [5.41, 5.74) is 0.498. The molecule has 1 aliphatic rings. The van der Waals surface area contributed by atoms with E-state index in [1.54, 1.807) is 11.0 Å². The van der Waals surface area contributed by atoms with Crippen LogP contribution >= 0.6 is 0 Å². The van der Waals surface area contributed by atoms with E-state index in [4.69, 9.17) is 5.11 Å². The predicted molar refractivity (Wildman–Crippen MR) is 97.7 cm³/mol. The average molecular weight is 393 g/mol. The number of hydrogen-bond donors (Lipinski definition) is 2. The molecule has 0 saturated carbocycles. The number of halogens is 1. The van der Waals surface area contributed by atoms with Crippen molar-refractivity contribution in [2.24, 2.45) is 5.92 Å². The molecule has 0 unspecified atom stereocenters. The number of carboxylic acids is 1. The van der Waals surface area contributed by atoms with Crippen LogP contribution in [0.1, 0.15) is 18.4 Å². The van der Waals surface area contributed by atoms with Gasteiger partial charge in [-0.2, -0.15) is 0 Å². The normalized spacial score (nSPS) is 14.4. The number of nitrogens with one attached hydrogen (secondary N) is 1. The van der Waals surface area contributed by atoms with Gasteiger partial charge in [0.15, 0.2) is 0 Å². The highest BCUT2D eigenvalue weighted by Gasteiger charge is 2.27. The summed E-state index contributed by atoms with van der Waals surface area (Å²) in [4.78, 5) is 50.0. The summed E-state index contributed by atoms with van der Waals surface area (Å²) in [6.45, 7) is 0.291. The maximum absolute atomic E-state index is 13.1. The molecule has 0 aromatic heterocycles. The number of likely N-dealkylation sites (N-methyl/N-ethyl adjacent to an activating group) is 1. The summed E-state index contributed by atoms with van der Waals surface area (Å²) in [6.07, 6.45) is 0.746. The molecule has 1 aliphatic heterocycles. The minimum absolute atomic E-state index is 0.0494. The molecule has 152 valence electrons. The number of carboxylic acid groups (broad SMARTS) is 1. The first-order chi connectivity index (χ1) is 13.3. The molecule has 1 aromatic rings. The molecule has 1 heterocycles. The fraction of sp³-hybridized carbons (Fsp3) is 0.474. The number of piperidine rings is 1. The minimum atomic E-state index is -0.853. The molecule has 2 rings (SSSR count). The third-order valence-corrected chi connectivity index (χ3v) is 4.69. The fourth-order valence-electron chi connectivity index (χ4n) is 2.97. The highest BCUT2D eigenvalue weighted by atomic mass is 19.1. The Kier molecular flexibility index (Phi) is 7.48. The van der Waals surface area contributed by atoms with Gasteiger partial charge in [-0.05, 0) is 30.5 Å². The topological polar surface area (TPSA) is 107 Å². The number of likely N-dealkylation sites (tertiary alicyclic amines) is 1. The van der Waals surface area contributed by atoms with Crippen LogP contribution < -0.4 is 5.32 Å². The molecular formula is C19H24FN3O5. The Morgan fingerprint density at radius 1 is 1.25 bits per heavy atom. The van der Waals surface area contributed by atoms with E-state index in [-0.39, 0.29) is 25.4 Å². The lowest BCUT2D eigenvalue weighted by Crippen LogP contribution is -2.47. The van der Waals surface area contributed by atoms with Crippen LogP contribution in [-0.4, -0.2) is 71.8 Å². The van der Waals surface area contributed by atoms with E-state index in [1.165, 1.54) is 30.1 Å². The van der Waals surface area contributed by atoms with Crippen LogP contribution in [0.3, 0.4) is 0 Å². The van der Waals surface area contributed by atoms with Crippen molar-refractivity contribution in [1.82, 2.24) is 15.1 Å². The third-order valence-electron chi connectivity index (χ3n) is 4.69. The quantitative estimate of drug-likeness (QED) is 0.691. The van der Waals surface area contributed by atoms with E-state index in [0.717, 1.165) is 0 Å². The number of rotatable bonds is 7. The van der Waals surface area contributed by atoms with Crippen molar-refractivity contribution in [3.8, 4) is 0 Å². The zero-order valence-corrected chi connectivity index (χ0v) is 15.7. The first kappa shape index (κ1) is 21.3. The van der Waals surface area contributed by atoms with Gasteiger partial charge in [0.05, 0.1) is 25.4 Å². The van der Waals surface area contributed by atoms with Gasteiger partial charge in [-0.3, -0.25) is 19.2 Å². The van der Waals surface area contributed by atoms with Crippen LogP contribution in [0.5, 0.6) is 0 Å². The summed E-state index contributed by atoms with van der Waals surface area (Å²) in [6, 6.07) is 5.64. The van der Waals surface area contributed by atoms with Crippen LogP contribution in [0.4, 0.5) is 4.39 Å². The summed E-state index contributed by atoms with van der Waals surface area (Å²) < 4.78 is 13.1. The Bertz CT molecular complexity index is 747. The van der Waals surface area contributed by atoms with Gasteiger partial charge in [0.2, 0.25) is 17.7 Å². The second-order valence-electron chi connectivity index (χ2n) is 6.83. The Labute approximate surface area is 162 Å². The van der Waals surface area contributed by atoms with Crippen molar-refractivity contribution < 1.29 is 28.7 Å². The smallest absolute Gasteiger partial charge is 0.306 e. The van der Waals surface area contributed by atoms with Crippen molar-refractivity contribution in [2.75, 3.05) is 33.2 Å². The van der Waals surface area contributed by atoms with Gasteiger partial charge in [0.1, 0.15) is 5.82 Å². The standard InChI is InChI=1S/C19H24FN3O5/c1-22(12-18(26)23-7-5-14(6-8-23)19(27)28)17(25)11-21-16(24)10-13-3-2-4-15(20)9-13/h2-4,9,14H,5-8,10-12H2,1H3,(H,21,24)(H,27,28). The number of amides is 3. The molecule has 28 heavy (non-hydrogen) atoms. The summed E-state index contributed by atoms with van der Waals surface area (Å²) in [5.74, 6) is -2.83. The Balaban J connectivity index is 1.72. The Morgan fingerprint density at radius 3 is 2.54 bits per heavy atom. The molecule has 2 N–H and O–H groups in total. The second-order valence-corrected chi connectivity index (χ2v) is 6.83. The van der Waals surface area contributed by atoms with Gasteiger partial charge in [-0.25, -0.2) is 4.39 Å². The number of hydrogen-bond acceptors (Lipinski definition) is 4. The summed E-state index contributed by atoms with van der Waals surface area (Å²) >= 11 is 0. The molecule has 0 atom stereocenters. The Hall–Kier alpha value is -2.97. The van der Waals surface area contributed by atoms with E-state index in [1.807, 2.05) is 0 Å². The maximum atomic E-state index is 13.1. The van der Waals surface area contributed by atoms with Gasteiger partial charge < -0.3 is 20.2 Å². The average Bonchev–Trinajstić information content (AvgIpc) is 2.66. The molecule has 3 amide bonds. The molecular weight excluding hydrogens is 369 g/mol. The SMILES string of the molecule is CN(CC(=O)N1CCC(C(=O)O)CC1)C(=O)CNC(=O)Cc1cccc(F)c1. The van der Waals surface area contributed by atoms with Gasteiger partial charge >= 0.3 is 5.97 Å². The molecule has 0 spiro atoms. The zero-order chi connectivity index (χ0) is 20.7. The third kappa shape index (κ3) is 6.33. The molecule has 0 aliphatic carbocycles. The maximum Gasteiger partial charge on any atom is 0.306 e. The first-order valence-electron chi connectivity index (χ1n) is 9.02. The van der Waals surface area contributed by atoms with Gasteiger partial charge in [0, 0.05) is 20.1 Å². The van der Waals surface area contributed by atoms with E-state index in [9.17, 15) is 23.6 Å². The first-order valence-corrected chi connectivity index (χ1v) is 9.02. The molecule has 9 heteroatoms. The Morgan fingerprint density at radius 2 is 1.93 bits per heavy atom. The van der Waals surface area contributed by atoms with Crippen molar-refractivity contribution in [2.45, 2.75) is 19.3 Å². The molecule has 1 aromatic carbocycles. The van der Waals surface area contributed by atoms with Crippen molar-refractivity contribution in [3.05, 3.63) is 35.6 Å². The van der Waals surface area contributed by atoms with Crippen LogP contribution in [0.25, 0.3) is 0 Å². The summed E-state index contributed by atoms with van der Waals surface area (Å²) in [7, 11) is 1.46. The molecule has 0 radical (unpaired) electrons. The predicted octanol–water partition coefficient (Wildman–Crippen LogP) is 0.266. The lowest BCUT2D eigenvalue weighted by atomic mass is 9.97. The van der Waals surface area contributed by atoms with Crippen LogP contribution in [0, 0.1) is 11.7 Å².